The summed E-state index contributed by atoms with van der Waals surface area (Å²) in [5.74, 6) is -0.0392. The second-order valence-corrected chi connectivity index (χ2v) is 4.17. The summed E-state index contributed by atoms with van der Waals surface area (Å²) in [5, 5.41) is 8.77. The van der Waals surface area contributed by atoms with Gasteiger partial charge >= 0.3 is 0 Å². The molecule has 0 bridgehead atoms. The molecule has 1 aromatic rings. The van der Waals surface area contributed by atoms with Crippen LogP contribution in [-0.2, 0) is 0 Å². The third-order valence-electron chi connectivity index (χ3n) is 2.90. The predicted molar refractivity (Wildman–Crippen MR) is 62.4 cm³/mol. The highest BCUT2D eigenvalue weighted by molar-refractivity contribution is 5.94. The molecule has 17 heavy (non-hydrogen) atoms. The van der Waals surface area contributed by atoms with Crippen LogP contribution in [0, 0.1) is 11.3 Å². The van der Waals surface area contributed by atoms with E-state index in [2.05, 4.69) is 9.88 Å². The van der Waals surface area contributed by atoms with E-state index in [1.165, 1.54) is 12.4 Å². The van der Waals surface area contributed by atoms with Gasteiger partial charge in [0.25, 0.3) is 5.91 Å². The van der Waals surface area contributed by atoms with Gasteiger partial charge in [-0.05, 0) is 13.1 Å². The van der Waals surface area contributed by atoms with Crippen LogP contribution in [-0.4, -0.2) is 53.9 Å². The summed E-state index contributed by atoms with van der Waals surface area (Å²) < 4.78 is 0. The van der Waals surface area contributed by atoms with E-state index in [9.17, 15) is 4.79 Å². The van der Waals surface area contributed by atoms with Crippen LogP contribution in [0.5, 0.6) is 0 Å². The number of rotatable bonds is 1. The lowest BCUT2D eigenvalue weighted by Gasteiger charge is -2.32. The van der Waals surface area contributed by atoms with Gasteiger partial charge in [0, 0.05) is 38.6 Å². The molecule has 5 heteroatoms. The van der Waals surface area contributed by atoms with Crippen LogP contribution in [0.4, 0.5) is 0 Å². The normalized spacial score (nSPS) is 16.6. The van der Waals surface area contributed by atoms with Crippen LogP contribution in [0.25, 0.3) is 0 Å². The summed E-state index contributed by atoms with van der Waals surface area (Å²) in [6, 6.07) is 3.58. The first-order chi connectivity index (χ1) is 8.20. The lowest BCUT2D eigenvalue weighted by atomic mass is 10.2. The highest BCUT2D eigenvalue weighted by Gasteiger charge is 2.20. The molecule has 0 spiro atoms. The Balaban J connectivity index is 2.11. The number of aromatic nitrogens is 1. The molecule has 0 aliphatic carbocycles. The highest BCUT2D eigenvalue weighted by Crippen LogP contribution is 2.08. The molecule has 2 rings (SSSR count). The van der Waals surface area contributed by atoms with Crippen LogP contribution >= 0.6 is 0 Å². The van der Waals surface area contributed by atoms with Crippen molar-refractivity contribution in [1.82, 2.24) is 14.8 Å². The van der Waals surface area contributed by atoms with E-state index < -0.39 is 0 Å². The SMILES string of the molecule is CN1CCN(C(=O)c2cncc(C#N)c2)CC1. The fourth-order valence-electron chi connectivity index (χ4n) is 1.81. The Morgan fingerprint density at radius 2 is 2.06 bits per heavy atom. The molecule has 0 radical (unpaired) electrons. The minimum atomic E-state index is -0.0392. The van der Waals surface area contributed by atoms with E-state index in [1.807, 2.05) is 13.1 Å². The number of hydrogen-bond donors (Lipinski definition) is 0. The molecular formula is C12H14N4O. The van der Waals surface area contributed by atoms with Crippen molar-refractivity contribution in [3.05, 3.63) is 29.6 Å². The van der Waals surface area contributed by atoms with Crippen molar-refractivity contribution in [2.75, 3.05) is 33.2 Å². The monoisotopic (exact) mass is 230 g/mol. The number of amides is 1. The molecule has 1 fully saturated rings. The molecule has 0 aromatic carbocycles. The fourth-order valence-corrected chi connectivity index (χ4v) is 1.81. The first-order valence-corrected chi connectivity index (χ1v) is 5.53. The largest absolute Gasteiger partial charge is 0.336 e. The van der Waals surface area contributed by atoms with Gasteiger partial charge < -0.3 is 9.80 Å². The van der Waals surface area contributed by atoms with E-state index >= 15 is 0 Å². The summed E-state index contributed by atoms with van der Waals surface area (Å²) in [7, 11) is 2.04. The van der Waals surface area contributed by atoms with E-state index in [4.69, 9.17) is 5.26 Å². The maximum atomic E-state index is 12.1. The first kappa shape index (κ1) is 11.6. The summed E-state index contributed by atoms with van der Waals surface area (Å²) in [6.45, 7) is 3.23. The maximum Gasteiger partial charge on any atom is 0.255 e. The minimum absolute atomic E-state index is 0.0392. The summed E-state index contributed by atoms with van der Waals surface area (Å²) in [4.78, 5) is 20.0. The third-order valence-corrected chi connectivity index (χ3v) is 2.90. The summed E-state index contributed by atoms with van der Waals surface area (Å²) in [6.07, 6.45) is 2.97. The zero-order valence-electron chi connectivity index (χ0n) is 9.76. The van der Waals surface area contributed by atoms with Gasteiger partial charge in [0.15, 0.2) is 0 Å². The standard InChI is InChI=1S/C12H14N4O/c1-15-2-4-16(5-3-15)12(17)11-6-10(7-13)8-14-9-11/h6,8-9H,2-5H2,1H3. The Hall–Kier alpha value is -1.93. The molecule has 1 saturated heterocycles. The maximum absolute atomic E-state index is 12.1. The third kappa shape index (κ3) is 2.60. The summed E-state index contributed by atoms with van der Waals surface area (Å²) in [5.41, 5.74) is 0.915. The van der Waals surface area contributed by atoms with Crippen molar-refractivity contribution in [3.63, 3.8) is 0 Å². The number of carbonyl (C=O) groups excluding carboxylic acids is 1. The van der Waals surface area contributed by atoms with Gasteiger partial charge in [0.1, 0.15) is 6.07 Å². The molecule has 1 aromatic heterocycles. The van der Waals surface area contributed by atoms with Crippen LogP contribution in [0.3, 0.4) is 0 Å². The average Bonchev–Trinajstić information content (AvgIpc) is 2.39. The molecular weight excluding hydrogens is 216 g/mol. The molecule has 0 unspecified atom stereocenters. The van der Waals surface area contributed by atoms with Crippen LogP contribution in [0.1, 0.15) is 15.9 Å². The Morgan fingerprint density at radius 1 is 1.35 bits per heavy atom. The Kier molecular flexibility index (Phi) is 3.35. The zero-order chi connectivity index (χ0) is 12.3. The van der Waals surface area contributed by atoms with Crippen molar-refractivity contribution in [2.45, 2.75) is 0 Å². The molecule has 5 nitrogen and oxygen atoms in total. The smallest absolute Gasteiger partial charge is 0.255 e. The number of pyridine rings is 1. The van der Waals surface area contributed by atoms with Gasteiger partial charge in [-0.2, -0.15) is 5.26 Å². The molecule has 1 amide bonds. The van der Waals surface area contributed by atoms with Gasteiger partial charge in [-0.1, -0.05) is 0 Å². The molecule has 1 aliphatic heterocycles. The zero-order valence-corrected chi connectivity index (χ0v) is 9.76. The van der Waals surface area contributed by atoms with E-state index in [1.54, 1.807) is 11.0 Å². The number of likely N-dealkylation sites (N-methyl/N-ethyl adjacent to an activating group) is 1. The second-order valence-electron chi connectivity index (χ2n) is 4.17. The van der Waals surface area contributed by atoms with Crippen molar-refractivity contribution in [2.24, 2.45) is 0 Å². The van der Waals surface area contributed by atoms with E-state index in [0.717, 1.165) is 26.2 Å². The quantitative estimate of drug-likeness (QED) is 0.698. The molecule has 2 heterocycles. The molecule has 88 valence electrons. The number of piperazine rings is 1. The van der Waals surface area contributed by atoms with Gasteiger partial charge in [0.05, 0.1) is 11.1 Å². The van der Waals surface area contributed by atoms with Gasteiger partial charge in [-0.15, -0.1) is 0 Å². The highest BCUT2D eigenvalue weighted by atomic mass is 16.2. The van der Waals surface area contributed by atoms with Crippen molar-refractivity contribution in [1.29, 1.82) is 5.26 Å². The van der Waals surface area contributed by atoms with Crippen molar-refractivity contribution < 1.29 is 4.79 Å². The minimum Gasteiger partial charge on any atom is -0.336 e. The second kappa shape index (κ2) is 4.93. The molecule has 0 atom stereocenters. The lowest BCUT2D eigenvalue weighted by Crippen LogP contribution is -2.47. The molecule has 1 aliphatic rings. The van der Waals surface area contributed by atoms with Crippen LogP contribution in [0.2, 0.25) is 0 Å². The Labute approximate surface area is 100 Å². The topological polar surface area (TPSA) is 60.2 Å². The first-order valence-electron chi connectivity index (χ1n) is 5.53. The molecule has 0 saturated carbocycles. The van der Waals surface area contributed by atoms with Gasteiger partial charge in [0.2, 0.25) is 0 Å². The number of nitrogens with zero attached hydrogens (tertiary/aromatic N) is 4. The number of hydrogen-bond acceptors (Lipinski definition) is 4. The van der Waals surface area contributed by atoms with Crippen LogP contribution < -0.4 is 0 Å². The molecule has 0 N–H and O–H groups in total. The van der Waals surface area contributed by atoms with E-state index in [-0.39, 0.29) is 5.91 Å². The van der Waals surface area contributed by atoms with Gasteiger partial charge in [-0.25, -0.2) is 0 Å². The van der Waals surface area contributed by atoms with Gasteiger partial charge in [-0.3, -0.25) is 9.78 Å². The van der Waals surface area contributed by atoms with Crippen molar-refractivity contribution in [3.8, 4) is 6.07 Å². The van der Waals surface area contributed by atoms with E-state index in [0.29, 0.717) is 11.1 Å². The number of nitriles is 1. The number of carbonyl (C=O) groups is 1. The lowest BCUT2D eigenvalue weighted by molar-refractivity contribution is 0.0663. The Bertz CT molecular complexity index is 458. The predicted octanol–water partition coefficient (Wildman–Crippen LogP) is 0.341. The average molecular weight is 230 g/mol. The fraction of sp³-hybridized carbons (Fsp3) is 0.417. The summed E-state index contributed by atoms with van der Waals surface area (Å²) >= 11 is 0. The van der Waals surface area contributed by atoms with Crippen LogP contribution in [0.15, 0.2) is 18.5 Å². The Morgan fingerprint density at radius 3 is 2.71 bits per heavy atom. The van der Waals surface area contributed by atoms with Crippen molar-refractivity contribution >= 4 is 5.91 Å².